The van der Waals surface area contributed by atoms with Gasteiger partial charge in [0.25, 0.3) is 10.1 Å². The van der Waals surface area contributed by atoms with E-state index >= 15 is 0 Å². The minimum Gasteiger partial charge on any atom is -0.458 e. The van der Waals surface area contributed by atoms with Crippen molar-refractivity contribution in [1.29, 1.82) is 0 Å². The zero-order valence-electron chi connectivity index (χ0n) is 19.8. The Hall–Kier alpha value is -2.21. The average Bonchev–Trinajstić information content (AvgIpc) is 3.66. The molecular formula is C26H32O11S. The molecule has 12 heteroatoms. The van der Waals surface area contributed by atoms with E-state index in [-0.39, 0.29) is 61.3 Å². The number of ether oxygens (including phenoxy) is 4. The Balaban J connectivity index is 0.00000242. The molecule has 2 saturated heterocycles. The SMILES string of the molecule is C.O=C1OC2C3CC(CC13)C2OC(=O)C1C2CC(C1C(=O)OC1C3CC4C(=O)OC1C4C3)C(S(=O)(=O)O)C2. The molecule has 6 aliphatic carbocycles. The van der Waals surface area contributed by atoms with Gasteiger partial charge in [0.1, 0.15) is 24.4 Å². The number of carbonyl (C=O) groups is 4. The maximum atomic E-state index is 13.6. The summed E-state index contributed by atoms with van der Waals surface area (Å²) in [6, 6.07) is 0. The summed E-state index contributed by atoms with van der Waals surface area (Å²) in [6.07, 6.45) is 0.940. The Labute approximate surface area is 220 Å². The summed E-state index contributed by atoms with van der Waals surface area (Å²) in [5, 5.41) is -1.15. The molecule has 2 aliphatic heterocycles. The van der Waals surface area contributed by atoms with Gasteiger partial charge in [0.2, 0.25) is 0 Å². The van der Waals surface area contributed by atoms with E-state index in [1.165, 1.54) is 0 Å². The first-order chi connectivity index (χ1) is 17.6. The van der Waals surface area contributed by atoms with E-state index in [9.17, 15) is 32.1 Å². The van der Waals surface area contributed by atoms with E-state index in [4.69, 9.17) is 18.9 Å². The number of esters is 4. The highest BCUT2D eigenvalue weighted by atomic mass is 32.2. The molecule has 208 valence electrons. The second kappa shape index (κ2) is 7.93. The van der Waals surface area contributed by atoms with Crippen molar-refractivity contribution in [3.63, 3.8) is 0 Å². The molecule has 6 bridgehead atoms. The number of hydrogen-bond acceptors (Lipinski definition) is 10. The third-order valence-electron chi connectivity index (χ3n) is 11.2. The summed E-state index contributed by atoms with van der Waals surface area (Å²) >= 11 is 0. The highest BCUT2D eigenvalue weighted by molar-refractivity contribution is 7.86. The van der Waals surface area contributed by atoms with Gasteiger partial charge < -0.3 is 18.9 Å². The normalized spacial score (nSPS) is 52.2. The summed E-state index contributed by atoms with van der Waals surface area (Å²) < 4.78 is 56.9. The summed E-state index contributed by atoms with van der Waals surface area (Å²) in [5.74, 6) is -5.17. The van der Waals surface area contributed by atoms with Crippen LogP contribution in [0.2, 0.25) is 0 Å². The van der Waals surface area contributed by atoms with Crippen LogP contribution in [0.3, 0.4) is 0 Å². The Kier molecular flexibility index (Phi) is 5.17. The van der Waals surface area contributed by atoms with E-state index < -0.39 is 75.4 Å². The van der Waals surface area contributed by atoms with Gasteiger partial charge in [0.15, 0.2) is 0 Å². The van der Waals surface area contributed by atoms with Crippen molar-refractivity contribution in [1.82, 2.24) is 0 Å². The summed E-state index contributed by atoms with van der Waals surface area (Å²) in [5.41, 5.74) is 0. The lowest BCUT2D eigenvalue weighted by Gasteiger charge is -2.35. The van der Waals surface area contributed by atoms with Gasteiger partial charge in [0.05, 0.1) is 28.9 Å². The molecule has 8 aliphatic rings. The van der Waals surface area contributed by atoms with Gasteiger partial charge in [-0.15, -0.1) is 0 Å². The smallest absolute Gasteiger partial charge is 0.310 e. The molecule has 1 N–H and O–H groups in total. The topological polar surface area (TPSA) is 160 Å². The minimum absolute atomic E-state index is 0. The first-order valence-corrected chi connectivity index (χ1v) is 14.9. The van der Waals surface area contributed by atoms with Crippen molar-refractivity contribution in [2.75, 3.05) is 0 Å². The molecule has 6 saturated carbocycles. The first-order valence-electron chi connectivity index (χ1n) is 13.4. The fourth-order valence-electron chi connectivity index (χ4n) is 9.86. The Morgan fingerprint density at radius 1 is 0.711 bits per heavy atom. The van der Waals surface area contributed by atoms with Crippen LogP contribution in [0.15, 0.2) is 0 Å². The maximum Gasteiger partial charge on any atom is 0.310 e. The number of hydrogen-bond donors (Lipinski definition) is 1. The minimum atomic E-state index is -4.43. The molecule has 0 radical (unpaired) electrons. The molecule has 0 aromatic carbocycles. The molecule has 15 unspecified atom stereocenters. The number of carbonyl (C=O) groups excluding carboxylic acids is 4. The average molecular weight is 553 g/mol. The van der Waals surface area contributed by atoms with Crippen LogP contribution in [0, 0.1) is 59.2 Å². The number of rotatable bonds is 5. The Morgan fingerprint density at radius 3 is 1.68 bits per heavy atom. The van der Waals surface area contributed by atoms with Crippen molar-refractivity contribution in [3.05, 3.63) is 0 Å². The van der Waals surface area contributed by atoms with Gasteiger partial charge in [-0.2, -0.15) is 8.42 Å². The van der Waals surface area contributed by atoms with E-state index in [1.54, 1.807) is 0 Å². The zero-order valence-corrected chi connectivity index (χ0v) is 20.7. The van der Waals surface area contributed by atoms with E-state index in [0.717, 1.165) is 12.8 Å². The van der Waals surface area contributed by atoms with Gasteiger partial charge >= 0.3 is 23.9 Å². The monoisotopic (exact) mass is 552 g/mol. The fraction of sp³-hybridized carbons (Fsp3) is 0.846. The molecule has 8 fully saturated rings. The highest BCUT2D eigenvalue weighted by Crippen LogP contribution is 2.59. The van der Waals surface area contributed by atoms with Crippen molar-refractivity contribution in [2.24, 2.45) is 59.2 Å². The predicted molar refractivity (Wildman–Crippen MR) is 124 cm³/mol. The van der Waals surface area contributed by atoms with Crippen molar-refractivity contribution >= 4 is 34.0 Å². The third kappa shape index (κ3) is 3.13. The van der Waals surface area contributed by atoms with E-state index in [1.807, 2.05) is 0 Å². The van der Waals surface area contributed by atoms with Crippen molar-refractivity contribution < 1.29 is 51.1 Å². The molecule has 0 aromatic heterocycles. The van der Waals surface area contributed by atoms with Crippen molar-refractivity contribution in [2.45, 2.75) is 75.6 Å². The third-order valence-corrected chi connectivity index (χ3v) is 12.5. The van der Waals surface area contributed by atoms with Gasteiger partial charge in [-0.3, -0.25) is 23.7 Å². The molecule has 8 rings (SSSR count). The van der Waals surface area contributed by atoms with Gasteiger partial charge in [-0.1, -0.05) is 7.43 Å². The molecule has 11 nitrogen and oxygen atoms in total. The second-order valence-electron chi connectivity index (χ2n) is 12.6. The maximum absolute atomic E-state index is 13.6. The lowest BCUT2D eigenvalue weighted by Crippen LogP contribution is -2.47. The summed E-state index contributed by atoms with van der Waals surface area (Å²) in [6.45, 7) is 0. The van der Waals surface area contributed by atoms with Crippen LogP contribution in [0.5, 0.6) is 0 Å². The Bertz CT molecular complexity index is 1230. The van der Waals surface area contributed by atoms with E-state index in [2.05, 4.69) is 0 Å². The van der Waals surface area contributed by atoms with Crippen LogP contribution in [0.4, 0.5) is 0 Å². The van der Waals surface area contributed by atoms with Crippen LogP contribution >= 0.6 is 0 Å². The quantitative estimate of drug-likeness (QED) is 0.296. The first kappa shape index (κ1) is 24.8. The van der Waals surface area contributed by atoms with Gasteiger partial charge in [-0.25, -0.2) is 0 Å². The second-order valence-corrected chi connectivity index (χ2v) is 14.2. The summed E-state index contributed by atoms with van der Waals surface area (Å²) in [7, 11) is -4.43. The zero-order chi connectivity index (χ0) is 25.5. The standard InChI is InChI=1S/C25H28O11S.CH4/c26-22-12-4-8-2-10(12)20(35-22)18(8)33-24(28)16-7-1-14(15(6-7)37(30,31)32)17(16)25(29)34-19-9-3-11-13(5-9)23(27)36-21(11)19;/h7-21H,1-6H2,(H,30,31,32);1H4. The number of fused-ring (bicyclic) bond motifs is 4. The molecule has 0 amide bonds. The molecule has 0 spiro atoms. The van der Waals surface area contributed by atoms with Gasteiger partial charge in [-0.05, 0) is 50.4 Å². The Morgan fingerprint density at radius 2 is 1.18 bits per heavy atom. The fourth-order valence-corrected chi connectivity index (χ4v) is 11.1. The van der Waals surface area contributed by atoms with Crippen molar-refractivity contribution in [3.8, 4) is 0 Å². The van der Waals surface area contributed by atoms with Crippen LogP contribution in [0.25, 0.3) is 0 Å². The van der Waals surface area contributed by atoms with Gasteiger partial charge in [0, 0.05) is 23.7 Å². The lowest BCUT2D eigenvalue weighted by molar-refractivity contribution is -0.178. The largest absolute Gasteiger partial charge is 0.458 e. The van der Waals surface area contributed by atoms with Crippen LogP contribution in [-0.2, 0) is 48.2 Å². The predicted octanol–water partition coefficient (Wildman–Crippen LogP) is 1.14. The van der Waals surface area contributed by atoms with Crippen LogP contribution in [0.1, 0.15) is 46.0 Å². The van der Waals surface area contributed by atoms with Crippen LogP contribution in [-0.4, -0.2) is 66.5 Å². The summed E-state index contributed by atoms with van der Waals surface area (Å²) in [4.78, 5) is 51.4. The molecule has 2 heterocycles. The molecule has 15 atom stereocenters. The van der Waals surface area contributed by atoms with Crippen LogP contribution < -0.4 is 0 Å². The highest BCUT2D eigenvalue weighted by Gasteiger charge is 2.67. The molecule has 38 heavy (non-hydrogen) atoms. The lowest BCUT2D eigenvalue weighted by atomic mass is 9.78. The molecule has 0 aromatic rings. The molecular weight excluding hydrogens is 520 g/mol. The van der Waals surface area contributed by atoms with E-state index in [0.29, 0.717) is 19.3 Å².